The van der Waals surface area contributed by atoms with Crippen LogP contribution in [-0.4, -0.2) is 27.0 Å². The minimum atomic E-state index is -0.0449. The van der Waals surface area contributed by atoms with E-state index in [1.54, 1.807) is 0 Å². The van der Waals surface area contributed by atoms with Crippen molar-refractivity contribution in [2.24, 2.45) is 0 Å². The Balaban J connectivity index is 1.65. The van der Waals surface area contributed by atoms with Gasteiger partial charge in [-0.1, -0.05) is 30.3 Å². The molecule has 26 heavy (non-hydrogen) atoms. The van der Waals surface area contributed by atoms with Gasteiger partial charge in [0.15, 0.2) is 0 Å². The third kappa shape index (κ3) is 2.83. The smallest absolute Gasteiger partial charge is 0.322 e. The number of nitrogens with one attached hydrogen (secondary N) is 1. The summed E-state index contributed by atoms with van der Waals surface area (Å²) in [4.78, 5) is 19.7. The van der Waals surface area contributed by atoms with Gasteiger partial charge >= 0.3 is 6.03 Å². The predicted octanol–water partition coefficient (Wildman–Crippen LogP) is 4.73. The number of hydrogen-bond donors (Lipinski definition) is 1. The molecule has 1 saturated heterocycles. The molecular formula is C21H24N4O. The average molecular weight is 348 g/mol. The van der Waals surface area contributed by atoms with Crippen LogP contribution >= 0.6 is 0 Å². The van der Waals surface area contributed by atoms with Crippen LogP contribution in [0.1, 0.15) is 37.2 Å². The monoisotopic (exact) mass is 348 g/mol. The number of anilines is 1. The molecule has 1 atom stereocenters. The second-order valence-electron chi connectivity index (χ2n) is 6.80. The summed E-state index contributed by atoms with van der Waals surface area (Å²) in [6.07, 6.45) is 1.95. The van der Waals surface area contributed by atoms with E-state index in [1.165, 1.54) is 0 Å². The van der Waals surface area contributed by atoms with Crippen molar-refractivity contribution in [1.82, 2.24) is 14.5 Å². The van der Waals surface area contributed by atoms with Crippen LogP contribution in [0.4, 0.5) is 10.5 Å². The van der Waals surface area contributed by atoms with Gasteiger partial charge in [-0.2, -0.15) is 0 Å². The second kappa shape index (κ2) is 6.83. The lowest BCUT2D eigenvalue weighted by Gasteiger charge is -2.25. The van der Waals surface area contributed by atoms with Crippen molar-refractivity contribution < 1.29 is 4.79 Å². The van der Waals surface area contributed by atoms with Gasteiger partial charge in [0.1, 0.15) is 5.82 Å². The number of nitrogens with zero attached hydrogens (tertiary/aromatic N) is 3. The fourth-order valence-electron chi connectivity index (χ4n) is 3.86. The summed E-state index contributed by atoms with van der Waals surface area (Å²) >= 11 is 0. The van der Waals surface area contributed by atoms with E-state index in [9.17, 15) is 4.79 Å². The standard InChI is InChI=1S/C21H24N4O/c1-3-24-18-12-7-6-11-17(18)22-20(24)19-13-8-14-25(19)21(26)23-16-10-5-4-9-15(16)2/h4-7,9-12,19H,3,8,13-14H2,1-2H3,(H,23,26)/t19-/m1/s1. The number of rotatable bonds is 3. The SMILES string of the molecule is CCn1c([C@H]2CCCN2C(=O)Nc2ccccc2C)nc2ccccc21. The van der Waals surface area contributed by atoms with E-state index in [1.807, 2.05) is 54.3 Å². The summed E-state index contributed by atoms with van der Waals surface area (Å²) in [6.45, 7) is 5.74. The summed E-state index contributed by atoms with van der Waals surface area (Å²) in [5.74, 6) is 0.992. The maximum absolute atomic E-state index is 12.9. The molecule has 2 aromatic carbocycles. The molecule has 3 aromatic rings. The molecule has 1 aliphatic heterocycles. The van der Waals surface area contributed by atoms with E-state index in [0.29, 0.717) is 0 Å². The van der Waals surface area contributed by atoms with Crippen molar-refractivity contribution in [3.05, 3.63) is 59.9 Å². The van der Waals surface area contributed by atoms with Gasteiger partial charge in [-0.25, -0.2) is 9.78 Å². The third-order valence-electron chi connectivity index (χ3n) is 5.20. The lowest BCUT2D eigenvalue weighted by molar-refractivity contribution is 0.204. The zero-order valence-corrected chi connectivity index (χ0v) is 15.3. The Labute approximate surface area is 153 Å². The largest absolute Gasteiger partial charge is 0.327 e. The van der Waals surface area contributed by atoms with Crippen LogP contribution in [0.15, 0.2) is 48.5 Å². The molecule has 5 nitrogen and oxygen atoms in total. The first-order valence-electron chi connectivity index (χ1n) is 9.27. The minimum absolute atomic E-state index is 0.0198. The quantitative estimate of drug-likeness (QED) is 0.743. The van der Waals surface area contributed by atoms with Crippen LogP contribution in [0, 0.1) is 6.92 Å². The van der Waals surface area contributed by atoms with Crippen LogP contribution in [-0.2, 0) is 6.54 Å². The summed E-state index contributed by atoms with van der Waals surface area (Å²) < 4.78 is 2.24. The molecule has 1 aliphatic rings. The van der Waals surface area contributed by atoms with Crippen molar-refractivity contribution in [2.75, 3.05) is 11.9 Å². The highest BCUT2D eigenvalue weighted by molar-refractivity contribution is 5.90. The summed E-state index contributed by atoms with van der Waals surface area (Å²) in [6, 6.07) is 16.0. The maximum Gasteiger partial charge on any atom is 0.322 e. The van der Waals surface area contributed by atoms with Crippen molar-refractivity contribution in [3.63, 3.8) is 0 Å². The Morgan fingerprint density at radius 3 is 2.77 bits per heavy atom. The Bertz CT molecular complexity index is 946. The molecule has 0 unspecified atom stereocenters. The van der Waals surface area contributed by atoms with Crippen LogP contribution in [0.25, 0.3) is 11.0 Å². The molecule has 0 saturated carbocycles. The van der Waals surface area contributed by atoms with Gasteiger partial charge in [0, 0.05) is 18.8 Å². The number of carbonyl (C=O) groups excluding carboxylic acids is 1. The number of likely N-dealkylation sites (tertiary alicyclic amines) is 1. The fourth-order valence-corrected chi connectivity index (χ4v) is 3.86. The van der Waals surface area contributed by atoms with Crippen LogP contribution in [0.5, 0.6) is 0 Å². The maximum atomic E-state index is 12.9. The van der Waals surface area contributed by atoms with Crippen molar-refractivity contribution >= 4 is 22.8 Å². The highest BCUT2D eigenvalue weighted by atomic mass is 16.2. The molecular weight excluding hydrogens is 324 g/mol. The Morgan fingerprint density at radius 1 is 1.19 bits per heavy atom. The van der Waals surface area contributed by atoms with Crippen LogP contribution < -0.4 is 5.32 Å². The molecule has 4 rings (SSSR count). The first-order valence-corrected chi connectivity index (χ1v) is 9.27. The Kier molecular flexibility index (Phi) is 4.37. The number of carbonyl (C=O) groups is 1. The number of imidazole rings is 1. The molecule has 1 aromatic heterocycles. The van der Waals surface area contributed by atoms with Crippen molar-refractivity contribution in [3.8, 4) is 0 Å². The van der Waals surface area contributed by atoms with E-state index >= 15 is 0 Å². The lowest BCUT2D eigenvalue weighted by atomic mass is 10.2. The Hall–Kier alpha value is -2.82. The van der Waals surface area contributed by atoms with Crippen LogP contribution in [0.2, 0.25) is 0 Å². The highest BCUT2D eigenvalue weighted by Gasteiger charge is 2.33. The number of amides is 2. The summed E-state index contributed by atoms with van der Waals surface area (Å²) in [5, 5.41) is 3.07. The molecule has 1 fully saturated rings. The molecule has 5 heteroatoms. The predicted molar refractivity (Wildman–Crippen MR) is 104 cm³/mol. The minimum Gasteiger partial charge on any atom is -0.327 e. The van der Waals surface area contributed by atoms with Crippen molar-refractivity contribution in [2.45, 2.75) is 39.3 Å². The van der Waals surface area contributed by atoms with E-state index in [4.69, 9.17) is 4.98 Å². The van der Waals surface area contributed by atoms with E-state index in [-0.39, 0.29) is 12.1 Å². The Morgan fingerprint density at radius 2 is 1.96 bits per heavy atom. The number of aromatic nitrogens is 2. The molecule has 2 heterocycles. The van der Waals surface area contributed by atoms with Gasteiger partial charge < -0.3 is 14.8 Å². The number of hydrogen-bond acceptors (Lipinski definition) is 2. The summed E-state index contributed by atoms with van der Waals surface area (Å²) in [5.41, 5.74) is 4.07. The number of benzene rings is 2. The molecule has 0 radical (unpaired) electrons. The molecule has 0 bridgehead atoms. The van der Waals surface area contributed by atoms with Gasteiger partial charge in [0.25, 0.3) is 0 Å². The first kappa shape index (κ1) is 16.6. The van der Waals surface area contributed by atoms with E-state index < -0.39 is 0 Å². The topological polar surface area (TPSA) is 50.2 Å². The normalized spacial score (nSPS) is 17.0. The van der Waals surface area contributed by atoms with Gasteiger partial charge in [-0.05, 0) is 50.5 Å². The zero-order chi connectivity index (χ0) is 18.1. The van der Waals surface area contributed by atoms with Gasteiger partial charge in [0.05, 0.1) is 17.1 Å². The lowest BCUT2D eigenvalue weighted by Crippen LogP contribution is -2.35. The highest BCUT2D eigenvalue weighted by Crippen LogP contribution is 2.34. The summed E-state index contributed by atoms with van der Waals surface area (Å²) in [7, 11) is 0. The fraction of sp³-hybridized carbons (Fsp3) is 0.333. The first-order chi connectivity index (χ1) is 12.7. The zero-order valence-electron chi connectivity index (χ0n) is 15.3. The van der Waals surface area contributed by atoms with E-state index in [0.717, 1.165) is 54.0 Å². The number of para-hydroxylation sites is 3. The number of aryl methyl sites for hydroxylation is 2. The van der Waals surface area contributed by atoms with Gasteiger partial charge in [-0.3, -0.25) is 0 Å². The molecule has 0 spiro atoms. The average Bonchev–Trinajstić information content (AvgIpc) is 3.27. The molecule has 134 valence electrons. The molecule has 0 aliphatic carbocycles. The van der Waals surface area contributed by atoms with Crippen molar-refractivity contribution in [1.29, 1.82) is 0 Å². The number of fused-ring (bicyclic) bond motifs is 1. The third-order valence-corrected chi connectivity index (χ3v) is 5.20. The number of urea groups is 1. The van der Waals surface area contributed by atoms with Crippen LogP contribution in [0.3, 0.4) is 0 Å². The second-order valence-corrected chi connectivity index (χ2v) is 6.80. The van der Waals surface area contributed by atoms with Gasteiger partial charge in [0.2, 0.25) is 0 Å². The van der Waals surface area contributed by atoms with Gasteiger partial charge in [-0.15, -0.1) is 0 Å². The molecule has 2 amide bonds. The molecule has 1 N–H and O–H groups in total. The van der Waals surface area contributed by atoms with E-state index in [2.05, 4.69) is 22.9 Å².